The van der Waals surface area contributed by atoms with Crippen molar-refractivity contribution in [3.05, 3.63) is 33.0 Å². The summed E-state index contributed by atoms with van der Waals surface area (Å²) in [5.41, 5.74) is 1.98. The maximum Gasteiger partial charge on any atom is 0.224 e. The molecule has 0 bridgehead atoms. The zero-order chi connectivity index (χ0) is 27.4. The second kappa shape index (κ2) is 15.7. The molecule has 0 atom stereocenters. The first-order valence-electron chi connectivity index (χ1n) is 12.1. The van der Waals surface area contributed by atoms with E-state index in [2.05, 4.69) is 28.1 Å². The standard InChI is InChI=1S/C25H38N4O4S4/c1-17-12-20(15-23(31)28-8-11-35-34-10-7-26-3)25(36-17)21-13-19(18(2)37-21)14-22(30)27-6-9-29(4,5)16-24(32)33/h12-13,26H,6-11,14-16H2,1-5H3,(H2-,27,28,30,31,32,33). The Labute approximate surface area is 236 Å². The van der Waals surface area contributed by atoms with E-state index in [0.717, 1.165) is 48.7 Å². The molecule has 0 unspecified atom stereocenters. The molecule has 2 aromatic rings. The molecule has 0 saturated carbocycles. The van der Waals surface area contributed by atoms with Crippen molar-refractivity contribution < 1.29 is 24.0 Å². The highest BCUT2D eigenvalue weighted by Gasteiger charge is 2.19. The van der Waals surface area contributed by atoms with E-state index in [1.54, 1.807) is 58.4 Å². The molecular weight excluding hydrogens is 549 g/mol. The summed E-state index contributed by atoms with van der Waals surface area (Å²) in [6, 6.07) is 4.14. The Hall–Kier alpha value is -1.57. The Kier molecular flexibility index (Phi) is 13.5. The number of nitrogens with one attached hydrogen (secondary N) is 3. The fourth-order valence-corrected chi connectivity index (χ4v) is 7.73. The molecule has 0 aromatic carbocycles. The highest BCUT2D eigenvalue weighted by molar-refractivity contribution is 8.76. The van der Waals surface area contributed by atoms with Crippen molar-refractivity contribution >= 4 is 62.0 Å². The molecule has 0 spiro atoms. The number of likely N-dealkylation sites (N-methyl/N-ethyl adjacent to an activating group) is 1. The van der Waals surface area contributed by atoms with Crippen molar-refractivity contribution in [2.75, 3.05) is 65.4 Å². The molecule has 8 nitrogen and oxygen atoms in total. The third-order valence-electron chi connectivity index (χ3n) is 5.50. The number of carbonyl (C=O) groups excluding carboxylic acids is 3. The van der Waals surface area contributed by atoms with E-state index in [0.29, 0.717) is 26.1 Å². The molecule has 12 heteroatoms. The number of amides is 2. The van der Waals surface area contributed by atoms with Crippen LogP contribution >= 0.6 is 44.3 Å². The van der Waals surface area contributed by atoms with Gasteiger partial charge in [0, 0.05) is 44.1 Å². The van der Waals surface area contributed by atoms with Gasteiger partial charge in [-0.25, -0.2) is 0 Å². The number of carbonyl (C=O) groups is 3. The van der Waals surface area contributed by atoms with Crippen LogP contribution in [-0.2, 0) is 27.2 Å². The first-order chi connectivity index (χ1) is 17.5. The molecule has 2 heterocycles. The van der Waals surface area contributed by atoms with Gasteiger partial charge in [0.1, 0.15) is 6.54 Å². The highest BCUT2D eigenvalue weighted by Crippen LogP contribution is 2.39. The zero-order valence-corrected chi connectivity index (χ0v) is 25.5. The molecule has 0 saturated heterocycles. The predicted molar refractivity (Wildman–Crippen MR) is 156 cm³/mol. The van der Waals surface area contributed by atoms with Crippen molar-refractivity contribution in [1.29, 1.82) is 0 Å². The molecule has 37 heavy (non-hydrogen) atoms. The van der Waals surface area contributed by atoms with Gasteiger partial charge in [0.25, 0.3) is 0 Å². The third-order valence-corrected chi connectivity index (χ3v) is 10.3. The summed E-state index contributed by atoms with van der Waals surface area (Å²) in [5.74, 6) is 0.738. The minimum absolute atomic E-state index is 0.0211. The van der Waals surface area contributed by atoms with Gasteiger partial charge in [-0.05, 0) is 44.2 Å². The van der Waals surface area contributed by atoms with Crippen molar-refractivity contribution in [2.45, 2.75) is 26.7 Å². The lowest BCUT2D eigenvalue weighted by Gasteiger charge is -2.30. The SMILES string of the molecule is CNCCSSCCNC(=O)Cc1cc(C)sc1-c1cc(CC(=O)NCC[N+](C)(C)CC(=O)[O-])c(C)s1. The van der Waals surface area contributed by atoms with E-state index in [-0.39, 0.29) is 29.3 Å². The molecule has 2 amide bonds. The van der Waals surface area contributed by atoms with Crippen LogP contribution in [0.5, 0.6) is 0 Å². The first kappa shape index (κ1) is 31.6. The van der Waals surface area contributed by atoms with Gasteiger partial charge in [-0.2, -0.15) is 0 Å². The summed E-state index contributed by atoms with van der Waals surface area (Å²) < 4.78 is 0.243. The van der Waals surface area contributed by atoms with Gasteiger partial charge >= 0.3 is 0 Å². The molecule has 0 aliphatic rings. The van der Waals surface area contributed by atoms with Crippen LogP contribution in [0.2, 0.25) is 0 Å². The average Bonchev–Trinajstić information content (AvgIpc) is 3.33. The van der Waals surface area contributed by atoms with E-state index < -0.39 is 5.97 Å². The van der Waals surface area contributed by atoms with Gasteiger partial charge < -0.3 is 30.3 Å². The number of quaternary nitrogens is 1. The number of carboxylic acids is 1. The molecule has 2 rings (SSSR count). The van der Waals surface area contributed by atoms with Crippen LogP contribution in [0, 0.1) is 13.8 Å². The number of rotatable bonds is 17. The Morgan fingerprint density at radius 1 is 0.919 bits per heavy atom. The fourth-order valence-electron chi connectivity index (χ4n) is 3.61. The molecule has 0 fully saturated rings. The van der Waals surface area contributed by atoms with Crippen molar-refractivity contribution in [2.24, 2.45) is 0 Å². The molecule has 0 aliphatic carbocycles. The summed E-state index contributed by atoms with van der Waals surface area (Å²) >= 11 is 3.31. The molecule has 0 radical (unpaired) electrons. The molecular formula is C25H38N4O4S4. The van der Waals surface area contributed by atoms with Crippen LogP contribution in [0.1, 0.15) is 20.9 Å². The van der Waals surface area contributed by atoms with Crippen LogP contribution in [0.4, 0.5) is 0 Å². The Balaban J connectivity index is 1.91. The second-order valence-electron chi connectivity index (χ2n) is 9.39. The average molecular weight is 587 g/mol. The van der Waals surface area contributed by atoms with E-state index >= 15 is 0 Å². The Morgan fingerprint density at radius 2 is 1.54 bits per heavy atom. The Morgan fingerprint density at radius 3 is 2.19 bits per heavy atom. The number of aliphatic carboxylic acids is 1. The number of aryl methyl sites for hydroxylation is 2. The van der Waals surface area contributed by atoms with Gasteiger partial charge in [0.15, 0.2) is 0 Å². The van der Waals surface area contributed by atoms with Crippen LogP contribution in [0.3, 0.4) is 0 Å². The van der Waals surface area contributed by atoms with Crippen LogP contribution in [0.15, 0.2) is 12.1 Å². The largest absolute Gasteiger partial charge is 0.544 e. The van der Waals surface area contributed by atoms with Gasteiger partial charge in [0.05, 0.1) is 46.0 Å². The van der Waals surface area contributed by atoms with Gasteiger partial charge in [-0.3, -0.25) is 9.59 Å². The van der Waals surface area contributed by atoms with Crippen LogP contribution in [0.25, 0.3) is 9.75 Å². The third kappa shape index (κ3) is 11.8. The zero-order valence-electron chi connectivity index (χ0n) is 22.2. The van der Waals surface area contributed by atoms with E-state index in [4.69, 9.17) is 0 Å². The molecule has 2 aromatic heterocycles. The lowest BCUT2D eigenvalue weighted by Crippen LogP contribution is -2.51. The van der Waals surface area contributed by atoms with E-state index in [1.807, 2.05) is 20.9 Å². The fraction of sp³-hybridized carbons (Fsp3) is 0.560. The minimum atomic E-state index is -1.10. The van der Waals surface area contributed by atoms with E-state index in [9.17, 15) is 19.5 Å². The summed E-state index contributed by atoms with van der Waals surface area (Å²) in [6.45, 7) is 6.48. The lowest BCUT2D eigenvalue weighted by atomic mass is 10.1. The van der Waals surface area contributed by atoms with Gasteiger partial charge in [-0.1, -0.05) is 21.6 Å². The Bertz CT molecular complexity index is 1050. The number of carboxylic acid groups (broad SMARTS) is 1. The lowest BCUT2D eigenvalue weighted by molar-refractivity contribution is -0.883. The number of nitrogens with zero attached hydrogens (tertiary/aromatic N) is 1. The normalized spacial score (nSPS) is 11.5. The minimum Gasteiger partial charge on any atom is -0.544 e. The van der Waals surface area contributed by atoms with Crippen LogP contribution in [-0.4, -0.2) is 87.6 Å². The number of thiophene rings is 2. The van der Waals surface area contributed by atoms with Gasteiger partial charge in [-0.15, -0.1) is 22.7 Å². The maximum absolute atomic E-state index is 12.6. The highest BCUT2D eigenvalue weighted by atomic mass is 33.1. The topological polar surface area (TPSA) is 110 Å². The predicted octanol–water partition coefficient (Wildman–Crippen LogP) is 1.84. The summed E-state index contributed by atoms with van der Waals surface area (Å²) in [5, 5.41) is 19.9. The van der Waals surface area contributed by atoms with Crippen LogP contribution < -0.4 is 21.1 Å². The molecule has 3 N–H and O–H groups in total. The quantitative estimate of drug-likeness (QED) is 0.147. The summed E-state index contributed by atoms with van der Waals surface area (Å²) in [6.07, 6.45) is 0.602. The monoisotopic (exact) mass is 586 g/mol. The van der Waals surface area contributed by atoms with Crippen molar-refractivity contribution in [3.8, 4) is 9.75 Å². The van der Waals surface area contributed by atoms with E-state index in [1.165, 1.54) is 0 Å². The first-order valence-corrected chi connectivity index (χ1v) is 16.3. The number of hydrogen-bond acceptors (Lipinski definition) is 9. The molecule has 0 aliphatic heterocycles. The van der Waals surface area contributed by atoms with Crippen molar-refractivity contribution in [1.82, 2.24) is 16.0 Å². The smallest absolute Gasteiger partial charge is 0.224 e. The maximum atomic E-state index is 12.6. The summed E-state index contributed by atoms with van der Waals surface area (Å²) in [7, 11) is 9.10. The molecule has 206 valence electrons. The van der Waals surface area contributed by atoms with Gasteiger partial charge in [0.2, 0.25) is 11.8 Å². The van der Waals surface area contributed by atoms with Crippen molar-refractivity contribution in [3.63, 3.8) is 0 Å². The second-order valence-corrected chi connectivity index (χ2v) is 14.6. The summed E-state index contributed by atoms with van der Waals surface area (Å²) in [4.78, 5) is 40.3. The number of hydrogen-bond donors (Lipinski definition) is 3.